The Bertz CT molecular complexity index is 1380. The minimum absolute atomic E-state index is 0.0640. The second-order valence-corrected chi connectivity index (χ2v) is 8.98. The molecular weight excluding hydrogens is 450 g/mol. The van der Waals surface area contributed by atoms with Crippen molar-refractivity contribution in [1.82, 2.24) is 15.1 Å². The maximum absolute atomic E-state index is 13.6. The summed E-state index contributed by atoms with van der Waals surface area (Å²) in [7, 11) is 1.62. The molecule has 6 nitrogen and oxygen atoms in total. The predicted octanol–water partition coefficient (Wildman–Crippen LogP) is 5.81. The predicted molar refractivity (Wildman–Crippen MR) is 131 cm³/mol. The highest BCUT2D eigenvalue weighted by molar-refractivity contribution is 6.31. The molecule has 7 heteroatoms. The first kappa shape index (κ1) is 22.0. The van der Waals surface area contributed by atoms with Gasteiger partial charge in [0.25, 0.3) is 5.91 Å². The molecule has 3 aromatic carbocycles. The number of aromatic hydroxyl groups is 1. The summed E-state index contributed by atoms with van der Waals surface area (Å²) in [4.78, 5) is 15.4. The van der Waals surface area contributed by atoms with Crippen LogP contribution >= 0.6 is 11.6 Å². The van der Waals surface area contributed by atoms with Gasteiger partial charge in [-0.3, -0.25) is 9.89 Å². The van der Waals surface area contributed by atoms with Gasteiger partial charge >= 0.3 is 0 Å². The summed E-state index contributed by atoms with van der Waals surface area (Å²) < 4.78 is 5.33. The SMILES string of the molecule is COc1ccc(C2c3c(-c4cc(Cl)c(C)cc4O)n[nH]c3C(=O)N2Cc2ccc(C)cc2)cc1. The van der Waals surface area contributed by atoms with Crippen LogP contribution in [0.25, 0.3) is 11.3 Å². The van der Waals surface area contributed by atoms with Gasteiger partial charge in [-0.05, 0) is 54.8 Å². The number of benzene rings is 3. The van der Waals surface area contributed by atoms with Crippen molar-refractivity contribution < 1.29 is 14.6 Å². The Hall–Kier alpha value is -3.77. The molecule has 4 aromatic rings. The standard InChI is InChI=1S/C27H24ClN3O3/c1-15-4-6-17(7-5-15)14-31-26(18-8-10-19(34-3)11-9-18)23-24(29-30-25(23)27(31)33)20-13-21(28)16(2)12-22(20)32/h4-13,26,32H,14H2,1-3H3,(H,29,30). The maximum atomic E-state index is 13.6. The fraction of sp³-hybridized carbons (Fsp3) is 0.185. The van der Waals surface area contributed by atoms with Crippen molar-refractivity contribution in [2.75, 3.05) is 7.11 Å². The first-order valence-corrected chi connectivity index (χ1v) is 11.3. The molecule has 0 saturated heterocycles. The van der Waals surface area contributed by atoms with E-state index in [2.05, 4.69) is 10.2 Å². The second-order valence-electron chi connectivity index (χ2n) is 8.57. The summed E-state index contributed by atoms with van der Waals surface area (Å²) in [5.74, 6) is 0.649. The zero-order valence-corrected chi connectivity index (χ0v) is 19.8. The van der Waals surface area contributed by atoms with Gasteiger partial charge in [0.1, 0.15) is 22.9 Å². The molecular formula is C27H24ClN3O3. The molecule has 1 aromatic heterocycles. The molecule has 0 spiro atoms. The van der Waals surface area contributed by atoms with Crippen molar-refractivity contribution in [3.8, 4) is 22.8 Å². The van der Waals surface area contributed by atoms with E-state index in [1.165, 1.54) is 0 Å². The van der Waals surface area contributed by atoms with E-state index in [9.17, 15) is 9.90 Å². The molecule has 1 aliphatic heterocycles. The minimum atomic E-state index is -0.400. The van der Waals surface area contributed by atoms with Crippen molar-refractivity contribution >= 4 is 17.5 Å². The number of methoxy groups -OCH3 is 1. The van der Waals surface area contributed by atoms with E-state index in [4.69, 9.17) is 16.3 Å². The molecule has 34 heavy (non-hydrogen) atoms. The summed E-state index contributed by atoms with van der Waals surface area (Å²) in [6.45, 7) is 4.29. The van der Waals surface area contributed by atoms with E-state index in [0.29, 0.717) is 28.5 Å². The van der Waals surface area contributed by atoms with Gasteiger partial charge in [-0.2, -0.15) is 5.10 Å². The number of aryl methyl sites for hydroxylation is 2. The van der Waals surface area contributed by atoms with E-state index in [1.807, 2.05) is 67.3 Å². The average molecular weight is 474 g/mol. The Morgan fingerprint density at radius 1 is 1.09 bits per heavy atom. The van der Waals surface area contributed by atoms with Crippen LogP contribution in [0.15, 0.2) is 60.7 Å². The third-order valence-corrected chi connectivity index (χ3v) is 6.71. The fourth-order valence-corrected chi connectivity index (χ4v) is 4.61. The van der Waals surface area contributed by atoms with Crippen LogP contribution in [0.1, 0.15) is 44.3 Å². The van der Waals surface area contributed by atoms with Crippen molar-refractivity contribution in [2.24, 2.45) is 0 Å². The Balaban J connectivity index is 1.66. The van der Waals surface area contributed by atoms with E-state index in [0.717, 1.165) is 33.6 Å². The Morgan fingerprint density at radius 3 is 2.47 bits per heavy atom. The number of H-pyrrole nitrogens is 1. The molecule has 1 amide bonds. The zero-order valence-electron chi connectivity index (χ0n) is 19.1. The van der Waals surface area contributed by atoms with Gasteiger partial charge in [-0.1, -0.05) is 53.6 Å². The molecule has 172 valence electrons. The zero-order chi connectivity index (χ0) is 24.0. The van der Waals surface area contributed by atoms with Gasteiger partial charge in [0.05, 0.1) is 13.2 Å². The number of nitrogens with zero attached hydrogens (tertiary/aromatic N) is 2. The minimum Gasteiger partial charge on any atom is -0.507 e. The third-order valence-electron chi connectivity index (χ3n) is 6.30. The number of nitrogens with one attached hydrogen (secondary N) is 1. The number of phenols is 1. The Morgan fingerprint density at radius 2 is 1.79 bits per heavy atom. The smallest absolute Gasteiger partial charge is 0.273 e. The molecule has 0 radical (unpaired) electrons. The topological polar surface area (TPSA) is 78.5 Å². The molecule has 5 rings (SSSR count). The van der Waals surface area contributed by atoms with Crippen LogP contribution in [0, 0.1) is 13.8 Å². The largest absolute Gasteiger partial charge is 0.507 e. The van der Waals surface area contributed by atoms with E-state index >= 15 is 0 Å². The lowest BCUT2D eigenvalue weighted by Gasteiger charge is -2.27. The number of phenolic OH excluding ortho intramolecular Hbond substituents is 1. The van der Waals surface area contributed by atoms with Crippen LogP contribution in [-0.2, 0) is 6.54 Å². The van der Waals surface area contributed by atoms with Crippen LogP contribution in [0.2, 0.25) is 5.02 Å². The van der Waals surface area contributed by atoms with Crippen molar-refractivity contribution in [1.29, 1.82) is 0 Å². The van der Waals surface area contributed by atoms with Gasteiger partial charge in [-0.15, -0.1) is 0 Å². The van der Waals surface area contributed by atoms with Gasteiger partial charge in [0, 0.05) is 22.7 Å². The number of halogens is 1. The van der Waals surface area contributed by atoms with Gasteiger partial charge in [0.2, 0.25) is 0 Å². The van der Waals surface area contributed by atoms with Crippen LogP contribution in [-0.4, -0.2) is 33.2 Å². The highest BCUT2D eigenvalue weighted by Gasteiger charge is 2.42. The second kappa shape index (κ2) is 8.54. The first-order chi connectivity index (χ1) is 16.4. The van der Waals surface area contributed by atoms with Crippen LogP contribution in [0.5, 0.6) is 11.5 Å². The van der Waals surface area contributed by atoms with E-state index < -0.39 is 6.04 Å². The average Bonchev–Trinajstić information content (AvgIpc) is 3.37. The number of aromatic nitrogens is 2. The number of fused-ring (bicyclic) bond motifs is 1. The lowest BCUT2D eigenvalue weighted by Crippen LogP contribution is -2.29. The van der Waals surface area contributed by atoms with E-state index in [1.54, 1.807) is 19.2 Å². The number of rotatable bonds is 5. The first-order valence-electron chi connectivity index (χ1n) is 11.0. The highest BCUT2D eigenvalue weighted by Crippen LogP contribution is 2.46. The van der Waals surface area contributed by atoms with Crippen LogP contribution < -0.4 is 4.74 Å². The number of hydrogen-bond donors (Lipinski definition) is 2. The van der Waals surface area contributed by atoms with Gasteiger partial charge < -0.3 is 14.7 Å². The summed E-state index contributed by atoms with van der Waals surface area (Å²) in [6, 6.07) is 18.7. The van der Waals surface area contributed by atoms with Crippen molar-refractivity contribution in [2.45, 2.75) is 26.4 Å². The molecule has 1 aliphatic rings. The normalized spacial score (nSPS) is 15.0. The molecule has 2 heterocycles. The Kier molecular flexibility index (Phi) is 5.54. The number of carbonyl (C=O) groups is 1. The summed E-state index contributed by atoms with van der Waals surface area (Å²) in [5, 5.41) is 18.6. The number of ether oxygens (including phenoxy) is 1. The fourth-order valence-electron chi connectivity index (χ4n) is 4.44. The molecule has 0 saturated carbocycles. The van der Waals surface area contributed by atoms with Gasteiger partial charge in [0.15, 0.2) is 0 Å². The third kappa shape index (κ3) is 3.70. The van der Waals surface area contributed by atoms with Crippen molar-refractivity contribution in [3.05, 3.63) is 99.2 Å². The molecule has 1 atom stereocenters. The summed E-state index contributed by atoms with van der Waals surface area (Å²) >= 11 is 6.38. The molecule has 2 N–H and O–H groups in total. The van der Waals surface area contributed by atoms with Crippen LogP contribution in [0.4, 0.5) is 0 Å². The lowest BCUT2D eigenvalue weighted by molar-refractivity contribution is 0.0730. The maximum Gasteiger partial charge on any atom is 0.273 e. The quantitative estimate of drug-likeness (QED) is 0.383. The van der Waals surface area contributed by atoms with Crippen LogP contribution in [0.3, 0.4) is 0 Å². The summed E-state index contributed by atoms with van der Waals surface area (Å²) in [5.41, 5.74) is 5.99. The molecule has 0 aliphatic carbocycles. The lowest BCUT2D eigenvalue weighted by atomic mass is 9.95. The molecule has 1 unspecified atom stereocenters. The van der Waals surface area contributed by atoms with E-state index in [-0.39, 0.29) is 11.7 Å². The molecule has 0 bridgehead atoms. The highest BCUT2D eigenvalue weighted by atomic mass is 35.5. The van der Waals surface area contributed by atoms with Gasteiger partial charge in [-0.25, -0.2) is 0 Å². The number of amides is 1. The van der Waals surface area contributed by atoms with Crippen molar-refractivity contribution in [3.63, 3.8) is 0 Å². The number of hydrogen-bond acceptors (Lipinski definition) is 4. The number of aromatic amines is 1. The molecule has 0 fully saturated rings. The number of carbonyl (C=O) groups excluding carboxylic acids is 1. The summed E-state index contributed by atoms with van der Waals surface area (Å²) in [6.07, 6.45) is 0. The Labute approximate surface area is 202 Å². The monoisotopic (exact) mass is 473 g/mol.